The van der Waals surface area contributed by atoms with Gasteiger partial charge in [-0.15, -0.1) is 0 Å². The van der Waals surface area contributed by atoms with Crippen LogP contribution in [0.4, 0.5) is 0 Å². The maximum atomic E-state index is 5.29. The quantitative estimate of drug-likeness (QED) is 0.617. The summed E-state index contributed by atoms with van der Waals surface area (Å²) < 4.78 is 0. The van der Waals surface area contributed by atoms with Crippen LogP contribution in [-0.2, 0) is 0 Å². The number of benzene rings is 1. The molecule has 3 rings (SSSR count). The molecular weight excluding hydrogens is 304 g/mol. The standard InChI is InChI=1S/C23H34N2/c1-2-10-22(17-19-11-5-3-6-12-19)25-23(18-21-15-9-16-24-21)20-13-7-4-8-14-20/h4,7-8,13-14,18-19,22,24H,2-3,5-6,9-12,15-17H2,1H3. The van der Waals surface area contributed by atoms with Crippen LogP contribution in [0.5, 0.6) is 0 Å². The van der Waals surface area contributed by atoms with Crippen LogP contribution < -0.4 is 5.32 Å². The molecule has 1 aromatic rings. The zero-order chi connectivity index (χ0) is 17.3. The molecule has 2 heteroatoms. The summed E-state index contributed by atoms with van der Waals surface area (Å²) in [4.78, 5) is 5.29. The fraction of sp³-hybridized carbons (Fsp3) is 0.609. The first-order valence-corrected chi connectivity index (χ1v) is 10.4. The number of hydrogen-bond donors (Lipinski definition) is 1. The van der Waals surface area contributed by atoms with Gasteiger partial charge in [0.25, 0.3) is 0 Å². The first-order valence-electron chi connectivity index (χ1n) is 10.4. The zero-order valence-electron chi connectivity index (χ0n) is 15.8. The fourth-order valence-electron chi connectivity index (χ4n) is 4.28. The van der Waals surface area contributed by atoms with Crippen molar-refractivity contribution in [2.75, 3.05) is 6.54 Å². The van der Waals surface area contributed by atoms with E-state index in [0.717, 1.165) is 18.9 Å². The van der Waals surface area contributed by atoms with E-state index in [1.165, 1.54) is 74.8 Å². The molecule has 1 heterocycles. The highest BCUT2D eigenvalue weighted by Crippen LogP contribution is 2.29. The second kappa shape index (κ2) is 9.79. The van der Waals surface area contributed by atoms with Crippen molar-refractivity contribution in [2.24, 2.45) is 10.9 Å². The predicted molar refractivity (Wildman–Crippen MR) is 108 cm³/mol. The van der Waals surface area contributed by atoms with Gasteiger partial charge in [-0.3, -0.25) is 4.99 Å². The summed E-state index contributed by atoms with van der Waals surface area (Å²) in [5.41, 5.74) is 3.79. The number of hydrogen-bond acceptors (Lipinski definition) is 2. The van der Waals surface area contributed by atoms with E-state index in [1.54, 1.807) is 0 Å². The van der Waals surface area contributed by atoms with Gasteiger partial charge < -0.3 is 5.32 Å². The van der Waals surface area contributed by atoms with Crippen LogP contribution in [0.15, 0.2) is 47.1 Å². The summed E-state index contributed by atoms with van der Waals surface area (Å²) in [6, 6.07) is 11.2. The van der Waals surface area contributed by atoms with Gasteiger partial charge in [0.1, 0.15) is 0 Å². The van der Waals surface area contributed by atoms with Gasteiger partial charge in [0, 0.05) is 12.2 Å². The lowest BCUT2D eigenvalue weighted by atomic mass is 9.84. The van der Waals surface area contributed by atoms with Crippen LogP contribution in [0.2, 0.25) is 0 Å². The molecule has 2 aliphatic rings. The molecule has 0 aromatic heterocycles. The monoisotopic (exact) mass is 338 g/mol. The van der Waals surface area contributed by atoms with Crippen molar-refractivity contribution >= 4 is 5.71 Å². The Balaban J connectivity index is 1.81. The lowest BCUT2D eigenvalue weighted by Crippen LogP contribution is -2.17. The second-order valence-corrected chi connectivity index (χ2v) is 7.76. The molecule has 136 valence electrons. The highest BCUT2D eigenvalue weighted by Gasteiger charge is 2.19. The number of rotatable bonds is 7. The Labute approximate surface area is 153 Å². The van der Waals surface area contributed by atoms with Gasteiger partial charge in [-0.05, 0) is 43.2 Å². The number of nitrogens with one attached hydrogen (secondary N) is 1. The Bertz CT molecular complexity index is 559. The number of nitrogens with zero attached hydrogens (tertiary/aromatic N) is 1. The topological polar surface area (TPSA) is 24.4 Å². The fourth-order valence-corrected chi connectivity index (χ4v) is 4.28. The summed E-state index contributed by atoms with van der Waals surface area (Å²) >= 11 is 0. The van der Waals surface area contributed by atoms with Crippen molar-refractivity contribution in [3.63, 3.8) is 0 Å². The second-order valence-electron chi connectivity index (χ2n) is 7.76. The molecule has 0 bridgehead atoms. The van der Waals surface area contributed by atoms with Crippen molar-refractivity contribution in [1.29, 1.82) is 0 Å². The highest BCUT2D eigenvalue weighted by molar-refractivity contribution is 6.09. The van der Waals surface area contributed by atoms with Crippen molar-refractivity contribution < 1.29 is 0 Å². The van der Waals surface area contributed by atoms with Gasteiger partial charge in [-0.1, -0.05) is 75.8 Å². The third kappa shape index (κ3) is 5.73. The van der Waals surface area contributed by atoms with E-state index in [0.29, 0.717) is 6.04 Å². The highest BCUT2D eigenvalue weighted by atomic mass is 14.9. The molecule has 1 saturated carbocycles. The minimum absolute atomic E-state index is 0.474. The molecule has 1 aliphatic carbocycles. The van der Waals surface area contributed by atoms with E-state index in [2.05, 4.69) is 48.6 Å². The molecule has 2 fully saturated rings. The normalized spacial score (nSPS) is 22.1. The minimum Gasteiger partial charge on any atom is -0.388 e. The molecule has 25 heavy (non-hydrogen) atoms. The van der Waals surface area contributed by atoms with E-state index >= 15 is 0 Å². The number of allylic oxidation sites excluding steroid dienone is 2. The van der Waals surface area contributed by atoms with Crippen LogP contribution in [0.1, 0.15) is 76.7 Å². The Morgan fingerprint density at radius 3 is 2.64 bits per heavy atom. The van der Waals surface area contributed by atoms with Gasteiger partial charge in [-0.25, -0.2) is 0 Å². The lowest BCUT2D eigenvalue weighted by Gasteiger charge is -2.25. The van der Waals surface area contributed by atoms with Crippen molar-refractivity contribution in [3.8, 4) is 0 Å². The Morgan fingerprint density at radius 1 is 1.16 bits per heavy atom. The first-order chi connectivity index (χ1) is 12.3. The molecule has 1 saturated heterocycles. The third-order valence-corrected chi connectivity index (χ3v) is 5.63. The van der Waals surface area contributed by atoms with E-state index in [9.17, 15) is 0 Å². The summed E-state index contributed by atoms with van der Waals surface area (Å²) in [6.07, 6.45) is 15.5. The van der Waals surface area contributed by atoms with Gasteiger partial charge in [0.05, 0.1) is 11.8 Å². The molecule has 0 radical (unpaired) electrons. The van der Waals surface area contributed by atoms with Gasteiger partial charge in [-0.2, -0.15) is 0 Å². The SMILES string of the molecule is CCCC(CC1CCCCC1)N=C(C=C1CCCN1)c1ccccc1. The maximum Gasteiger partial charge on any atom is 0.0667 e. The lowest BCUT2D eigenvalue weighted by molar-refractivity contribution is 0.312. The molecule has 1 aromatic carbocycles. The third-order valence-electron chi connectivity index (χ3n) is 5.63. The minimum atomic E-state index is 0.474. The van der Waals surface area contributed by atoms with Crippen molar-refractivity contribution in [1.82, 2.24) is 5.32 Å². The summed E-state index contributed by atoms with van der Waals surface area (Å²) in [5, 5.41) is 3.52. The van der Waals surface area contributed by atoms with Gasteiger partial charge >= 0.3 is 0 Å². The van der Waals surface area contributed by atoms with Gasteiger partial charge in [0.15, 0.2) is 0 Å². The zero-order valence-corrected chi connectivity index (χ0v) is 15.8. The molecule has 0 spiro atoms. The van der Waals surface area contributed by atoms with Crippen LogP contribution in [0, 0.1) is 5.92 Å². The molecular formula is C23H34N2. The molecule has 1 unspecified atom stereocenters. The average molecular weight is 339 g/mol. The van der Waals surface area contributed by atoms with Gasteiger partial charge in [0.2, 0.25) is 0 Å². The van der Waals surface area contributed by atoms with E-state index in [1.807, 2.05) is 0 Å². The Kier molecular flexibility index (Phi) is 7.14. The van der Waals surface area contributed by atoms with Crippen LogP contribution in [0.3, 0.4) is 0 Å². The molecule has 2 nitrogen and oxygen atoms in total. The predicted octanol–water partition coefficient (Wildman–Crippen LogP) is 5.88. The largest absolute Gasteiger partial charge is 0.388 e. The number of aliphatic imine (C=N–C) groups is 1. The van der Waals surface area contributed by atoms with Crippen LogP contribution >= 0.6 is 0 Å². The maximum absolute atomic E-state index is 5.29. The molecule has 1 atom stereocenters. The Hall–Kier alpha value is -1.57. The summed E-state index contributed by atoms with van der Waals surface area (Å²) in [5.74, 6) is 0.892. The average Bonchev–Trinajstić information content (AvgIpc) is 3.16. The summed E-state index contributed by atoms with van der Waals surface area (Å²) in [6.45, 7) is 3.40. The Morgan fingerprint density at radius 2 is 1.96 bits per heavy atom. The summed E-state index contributed by atoms with van der Waals surface area (Å²) in [7, 11) is 0. The molecule has 1 N–H and O–H groups in total. The smallest absolute Gasteiger partial charge is 0.0667 e. The van der Waals surface area contributed by atoms with E-state index < -0.39 is 0 Å². The first kappa shape index (κ1) is 18.2. The van der Waals surface area contributed by atoms with Crippen LogP contribution in [-0.4, -0.2) is 18.3 Å². The van der Waals surface area contributed by atoms with Crippen molar-refractivity contribution in [3.05, 3.63) is 47.7 Å². The van der Waals surface area contributed by atoms with Crippen molar-refractivity contribution in [2.45, 2.75) is 77.2 Å². The molecule has 0 amide bonds. The van der Waals surface area contributed by atoms with E-state index in [4.69, 9.17) is 4.99 Å². The van der Waals surface area contributed by atoms with Crippen LogP contribution in [0.25, 0.3) is 0 Å². The van der Waals surface area contributed by atoms with E-state index in [-0.39, 0.29) is 0 Å². The molecule has 1 aliphatic heterocycles.